The molecule has 0 fully saturated rings. The molecular weight excluding hydrogens is 380 g/mol. The van der Waals surface area contributed by atoms with Gasteiger partial charge >= 0.3 is 0 Å². The van der Waals surface area contributed by atoms with E-state index >= 15 is 0 Å². The quantitative estimate of drug-likeness (QED) is 0.429. The summed E-state index contributed by atoms with van der Waals surface area (Å²) < 4.78 is 1.08. The number of amides is 2. The average Bonchev–Trinajstić information content (AvgIpc) is 3.22. The smallest absolute Gasteiger partial charge is 0.266 e. The molecule has 1 aliphatic heterocycles. The van der Waals surface area contributed by atoms with Gasteiger partial charge in [0.25, 0.3) is 11.8 Å². The normalized spacial score (nSPS) is 13.4. The molecule has 1 aliphatic rings. The van der Waals surface area contributed by atoms with Gasteiger partial charge in [-0.2, -0.15) is 0 Å². The molecule has 0 aliphatic carbocycles. The average molecular weight is 391 g/mol. The maximum atomic E-state index is 12.9. The van der Waals surface area contributed by atoms with Crippen molar-refractivity contribution in [2.75, 3.05) is 4.90 Å². The highest BCUT2D eigenvalue weighted by molar-refractivity contribution is 7.21. The van der Waals surface area contributed by atoms with Gasteiger partial charge in [0.05, 0.1) is 32.1 Å². The molecule has 0 N–H and O–H groups in total. The van der Waals surface area contributed by atoms with Crippen molar-refractivity contribution in [3.05, 3.63) is 82.9 Å². The monoisotopic (exact) mass is 390 g/mol. The summed E-state index contributed by atoms with van der Waals surface area (Å²) in [5.74, 6) is -0.731. The van der Waals surface area contributed by atoms with Crippen molar-refractivity contribution in [3.8, 4) is 10.6 Å². The zero-order valence-electron chi connectivity index (χ0n) is 13.8. The van der Waals surface area contributed by atoms with E-state index in [1.807, 2.05) is 30.3 Å². The Bertz CT molecular complexity index is 1210. The van der Waals surface area contributed by atoms with E-state index in [1.165, 1.54) is 0 Å². The summed E-state index contributed by atoms with van der Waals surface area (Å²) in [5, 5.41) is 1.17. The van der Waals surface area contributed by atoms with Gasteiger partial charge in [-0.15, -0.1) is 11.3 Å². The Balaban J connectivity index is 1.60. The summed E-state index contributed by atoms with van der Waals surface area (Å²) in [6, 6.07) is 20.0. The number of nitrogens with zero attached hydrogens (tertiary/aromatic N) is 2. The first-order valence-electron chi connectivity index (χ1n) is 8.27. The van der Waals surface area contributed by atoms with E-state index in [0.29, 0.717) is 21.8 Å². The second kappa shape index (κ2) is 6.01. The Morgan fingerprint density at radius 1 is 0.852 bits per heavy atom. The number of thiazole rings is 1. The van der Waals surface area contributed by atoms with Crippen molar-refractivity contribution >= 4 is 50.7 Å². The standard InChI is InChI=1S/C21H11ClN2O2S/c22-15-5-1-3-7-17(15)24-20(25)13-10-9-12(11-14(13)21(24)26)19-23-16-6-2-4-8-18(16)27-19/h1-11H. The highest BCUT2D eigenvalue weighted by atomic mass is 35.5. The molecule has 0 saturated carbocycles. The van der Waals surface area contributed by atoms with Gasteiger partial charge in [0.1, 0.15) is 5.01 Å². The van der Waals surface area contributed by atoms with Crippen molar-refractivity contribution in [2.24, 2.45) is 0 Å². The first kappa shape index (κ1) is 16.2. The number of halogens is 1. The molecule has 6 heteroatoms. The van der Waals surface area contributed by atoms with Crippen LogP contribution in [-0.2, 0) is 0 Å². The third kappa shape index (κ3) is 2.47. The lowest BCUT2D eigenvalue weighted by Crippen LogP contribution is -2.29. The summed E-state index contributed by atoms with van der Waals surface area (Å²) in [5.41, 5.74) is 2.88. The van der Waals surface area contributed by atoms with Crippen LogP contribution in [0.4, 0.5) is 5.69 Å². The van der Waals surface area contributed by atoms with Crippen LogP contribution in [0.3, 0.4) is 0 Å². The van der Waals surface area contributed by atoms with Crippen molar-refractivity contribution in [1.82, 2.24) is 4.98 Å². The predicted molar refractivity (Wildman–Crippen MR) is 108 cm³/mol. The molecule has 27 heavy (non-hydrogen) atoms. The van der Waals surface area contributed by atoms with Crippen LogP contribution in [0.15, 0.2) is 66.7 Å². The van der Waals surface area contributed by atoms with Gasteiger partial charge in [-0.3, -0.25) is 9.59 Å². The van der Waals surface area contributed by atoms with Crippen LogP contribution in [-0.4, -0.2) is 16.8 Å². The van der Waals surface area contributed by atoms with Gasteiger partial charge < -0.3 is 0 Å². The predicted octanol–water partition coefficient (Wildman–Crippen LogP) is 5.42. The topological polar surface area (TPSA) is 50.3 Å². The summed E-state index contributed by atoms with van der Waals surface area (Å²) in [4.78, 5) is 31.5. The van der Waals surface area contributed by atoms with Gasteiger partial charge in [-0.25, -0.2) is 9.88 Å². The molecule has 3 aromatic carbocycles. The number of para-hydroxylation sites is 2. The van der Waals surface area contributed by atoms with E-state index < -0.39 is 0 Å². The Morgan fingerprint density at radius 3 is 2.41 bits per heavy atom. The molecule has 0 spiro atoms. The molecule has 2 amide bonds. The van der Waals surface area contributed by atoms with Crippen LogP contribution in [0, 0.1) is 0 Å². The minimum atomic E-state index is -0.369. The molecule has 0 unspecified atom stereocenters. The molecule has 5 rings (SSSR count). The van der Waals surface area contributed by atoms with Crippen molar-refractivity contribution in [2.45, 2.75) is 0 Å². The summed E-state index contributed by atoms with van der Waals surface area (Å²) in [7, 11) is 0. The van der Waals surface area contributed by atoms with E-state index in [0.717, 1.165) is 25.7 Å². The lowest BCUT2D eigenvalue weighted by atomic mass is 10.1. The van der Waals surface area contributed by atoms with Gasteiger partial charge in [0.2, 0.25) is 0 Å². The fraction of sp³-hybridized carbons (Fsp3) is 0. The van der Waals surface area contributed by atoms with E-state index in [2.05, 4.69) is 4.98 Å². The van der Waals surface area contributed by atoms with Crippen LogP contribution in [0.25, 0.3) is 20.8 Å². The zero-order valence-corrected chi connectivity index (χ0v) is 15.4. The molecule has 130 valence electrons. The molecule has 0 atom stereocenters. The zero-order chi connectivity index (χ0) is 18.5. The largest absolute Gasteiger partial charge is 0.268 e. The Morgan fingerprint density at radius 2 is 1.59 bits per heavy atom. The first-order valence-corrected chi connectivity index (χ1v) is 9.46. The Hall–Kier alpha value is -3.02. The molecule has 0 saturated heterocycles. The lowest BCUT2D eigenvalue weighted by molar-refractivity contribution is 0.0926. The van der Waals surface area contributed by atoms with E-state index in [9.17, 15) is 9.59 Å². The number of aromatic nitrogens is 1. The van der Waals surface area contributed by atoms with E-state index in [4.69, 9.17) is 11.6 Å². The summed E-state index contributed by atoms with van der Waals surface area (Å²) >= 11 is 7.75. The molecule has 4 nitrogen and oxygen atoms in total. The van der Waals surface area contributed by atoms with Crippen molar-refractivity contribution in [3.63, 3.8) is 0 Å². The molecule has 0 radical (unpaired) electrons. The van der Waals surface area contributed by atoms with Gasteiger partial charge in [-0.05, 0) is 36.4 Å². The third-order valence-electron chi connectivity index (χ3n) is 4.52. The van der Waals surface area contributed by atoms with Gasteiger partial charge in [0.15, 0.2) is 0 Å². The van der Waals surface area contributed by atoms with E-state index in [-0.39, 0.29) is 11.8 Å². The number of anilines is 1. The molecule has 0 bridgehead atoms. The number of carbonyl (C=O) groups is 2. The second-order valence-electron chi connectivity index (χ2n) is 6.14. The van der Waals surface area contributed by atoms with Crippen LogP contribution in [0.5, 0.6) is 0 Å². The van der Waals surface area contributed by atoms with Gasteiger partial charge in [0, 0.05) is 5.56 Å². The highest BCUT2D eigenvalue weighted by Crippen LogP contribution is 2.36. The second-order valence-corrected chi connectivity index (χ2v) is 7.58. The van der Waals surface area contributed by atoms with E-state index in [1.54, 1.807) is 47.7 Å². The molecule has 1 aromatic heterocycles. The first-order chi connectivity index (χ1) is 13.1. The number of carbonyl (C=O) groups excluding carboxylic acids is 2. The maximum Gasteiger partial charge on any atom is 0.266 e. The maximum absolute atomic E-state index is 12.9. The van der Waals surface area contributed by atoms with Gasteiger partial charge in [-0.1, -0.05) is 41.9 Å². The SMILES string of the molecule is O=C1c2ccc(-c3nc4ccccc4s3)cc2C(=O)N1c1ccccc1Cl. The number of hydrogen-bond donors (Lipinski definition) is 0. The summed E-state index contributed by atoms with van der Waals surface area (Å²) in [6.07, 6.45) is 0. The minimum absolute atomic E-state index is 0.360. The number of hydrogen-bond acceptors (Lipinski definition) is 4. The third-order valence-corrected chi connectivity index (χ3v) is 5.93. The number of imide groups is 1. The molecular formula is C21H11ClN2O2S. The van der Waals surface area contributed by atoms with Crippen molar-refractivity contribution < 1.29 is 9.59 Å². The number of benzene rings is 3. The summed E-state index contributed by atoms with van der Waals surface area (Å²) in [6.45, 7) is 0. The molecule has 2 heterocycles. The highest BCUT2D eigenvalue weighted by Gasteiger charge is 2.37. The van der Waals surface area contributed by atoms with Crippen LogP contribution in [0.2, 0.25) is 5.02 Å². The molecule has 4 aromatic rings. The Labute approximate surface area is 163 Å². The Kier molecular flexibility index (Phi) is 3.60. The number of rotatable bonds is 2. The minimum Gasteiger partial charge on any atom is -0.268 e. The van der Waals surface area contributed by atoms with Crippen LogP contribution >= 0.6 is 22.9 Å². The number of fused-ring (bicyclic) bond motifs is 2. The fourth-order valence-corrected chi connectivity index (χ4v) is 4.40. The fourth-order valence-electron chi connectivity index (χ4n) is 3.22. The van der Waals surface area contributed by atoms with Crippen LogP contribution < -0.4 is 4.90 Å². The lowest BCUT2D eigenvalue weighted by Gasteiger charge is -2.15. The van der Waals surface area contributed by atoms with Crippen molar-refractivity contribution in [1.29, 1.82) is 0 Å². The van der Waals surface area contributed by atoms with Crippen LogP contribution in [0.1, 0.15) is 20.7 Å².